The summed E-state index contributed by atoms with van der Waals surface area (Å²) in [6.07, 6.45) is 7.07. The molecule has 6 aromatic rings. The first-order chi connectivity index (χ1) is 43.8. The van der Waals surface area contributed by atoms with Gasteiger partial charge in [-0.3, -0.25) is 18.8 Å². The van der Waals surface area contributed by atoms with Crippen LogP contribution in [0.5, 0.6) is 11.5 Å². The van der Waals surface area contributed by atoms with Gasteiger partial charge in [-0.25, -0.2) is 15.0 Å². The molecule has 6 aromatic heterocycles. The van der Waals surface area contributed by atoms with E-state index < -0.39 is 30.8 Å². The highest BCUT2D eigenvalue weighted by Gasteiger charge is 2.65. The second-order valence-corrected chi connectivity index (χ2v) is 27.1. The molecule has 3 saturated heterocycles. The normalized spacial score (nSPS) is 28.7. The number of carbonyl (C=O) groups excluding carboxylic acids is 1. The predicted molar refractivity (Wildman–Crippen MR) is 321 cm³/mol. The van der Waals surface area contributed by atoms with Crippen molar-refractivity contribution in [2.45, 2.75) is 165 Å². The molecule has 15 rings (SSSR count). The van der Waals surface area contributed by atoms with E-state index in [9.17, 15) is 35.5 Å². The van der Waals surface area contributed by atoms with Gasteiger partial charge in [0, 0.05) is 102 Å². The molecule has 9 fully saturated rings. The number of pyridine rings is 3. The van der Waals surface area contributed by atoms with Crippen molar-refractivity contribution in [2.75, 3.05) is 63.8 Å². The summed E-state index contributed by atoms with van der Waals surface area (Å²) in [5.41, 5.74) is 22.3. The van der Waals surface area contributed by atoms with Crippen LogP contribution in [0.1, 0.15) is 139 Å². The number of alkyl halides is 7. The first-order valence-electron chi connectivity index (χ1n) is 31.7. The van der Waals surface area contributed by atoms with Crippen LogP contribution in [0.3, 0.4) is 0 Å². The second-order valence-electron chi connectivity index (χ2n) is 27.1. The number of amides is 1. The average molecular weight is 1290 g/mol. The highest BCUT2D eigenvalue weighted by molar-refractivity contribution is 5.78. The SMILES string of the molecule is CC(C)n1nc(-c2cnc(N)c(C(F)(F)F)c2)cc1C1[C@H]2CC3(C[C@@H]12)CN(C)C(=O)CO3.CC(C)n1nc(-c2cnc(N)c(OC(F)F)c2)cc1C1[C@H]2CC(OC3COC3)C[C@@H]12.CC(C)n1nc(-c2cnc(N)c(OC(F)F)c2)cc1C1[C@H]2CC(OC3COC3)C[C@@H]12. The lowest BCUT2D eigenvalue weighted by Gasteiger charge is -2.40. The molecule has 0 bridgehead atoms. The van der Waals surface area contributed by atoms with Crippen molar-refractivity contribution in [1.82, 2.24) is 49.2 Å². The second kappa shape index (κ2) is 24.6. The number of likely N-dealkylation sites (N-methyl/N-ethyl adjacent to an activating group) is 1. The molecule has 9 heterocycles. The zero-order valence-corrected chi connectivity index (χ0v) is 52.2. The zero-order valence-electron chi connectivity index (χ0n) is 52.2. The van der Waals surface area contributed by atoms with Gasteiger partial charge >= 0.3 is 19.4 Å². The Kier molecular flexibility index (Phi) is 17.0. The number of anilines is 3. The standard InChI is InChI=1S/C22H26F3N5O2.2C21H26F2N4O3/c1-11(2)30-17(5-16(28-30)12-4-15(22(23,24)25)20(26)27-8-12)19-13-6-21(7-14(13)19)10-29(3)18(31)9-32-21;2*1-10(2)27-17(19-14-4-12(5-15(14)19)29-13-8-28-9-13)6-16(26-27)11-3-18(30-21(22)23)20(24)25-7-11/h4-5,8,11,13-14,19H,6-7,9-10H2,1-3H3,(H2,26,27);2*3,6-7,10,12-15,19,21H,4-5,8-9H2,1-2H3,(H2,24,25)/t13-,14+,19?,21?;2*12?,14-,15+,19?. The van der Waals surface area contributed by atoms with E-state index in [0.29, 0.717) is 132 Å². The number of carbonyl (C=O) groups is 1. The molecular weight excluding hydrogens is 1210 g/mol. The van der Waals surface area contributed by atoms with Crippen LogP contribution in [-0.2, 0) is 34.7 Å². The fraction of sp³-hybridized carbons (Fsp3) is 0.609. The van der Waals surface area contributed by atoms with Crippen molar-refractivity contribution in [2.24, 2.45) is 35.5 Å². The highest BCUT2D eigenvalue weighted by atomic mass is 19.4. The third-order valence-electron chi connectivity index (χ3n) is 19.9. The van der Waals surface area contributed by atoms with Gasteiger partial charge in [-0.15, -0.1) is 0 Å². The molecule has 6 aliphatic carbocycles. The number of halogens is 7. The summed E-state index contributed by atoms with van der Waals surface area (Å²) < 4.78 is 134. The molecule has 6 unspecified atom stereocenters. The molecule has 21 nitrogen and oxygen atoms in total. The summed E-state index contributed by atoms with van der Waals surface area (Å²) in [5, 5.41) is 14.1. The van der Waals surface area contributed by atoms with E-state index in [0.717, 1.165) is 50.3 Å². The summed E-state index contributed by atoms with van der Waals surface area (Å²) >= 11 is 0. The Balaban J connectivity index is 0.000000126. The van der Waals surface area contributed by atoms with Gasteiger partial charge in [0.05, 0.1) is 66.9 Å². The molecular formula is C64H78F7N13O8. The number of aromatic nitrogens is 9. The molecule has 92 heavy (non-hydrogen) atoms. The molecule has 6 saturated carbocycles. The lowest BCUT2D eigenvalue weighted by atomic mass is 9.91. The first kappa shape index (κ1) is 63.6. The van der Waals surface area contributed by atoms with Gasteiger partial charge in [0.1, 0.15) is 24.6 Å². The van der Waals surface area contributed by atoms with Crippen LogP contribution < -0.4 is 26.7 Å². The van der Waals surface area contributed by atoms with Crippen LogP contribution >= 0.6 is 0 Å². The van der Waals surface area contributed by atoms with Crippen LogP contribution in [0.4, 0.5) is 48.2 Å². The van der Waals surface area contributed by atoms with E-state index >= 15 is 0 Å². The Hall–Kier alpha value is -7.14. The van der Waals surface area contributed by atoms with Crippen LogP contribution in [-0.4, -0.2) is 145 Å². The Morgan fingerprint density at radius 2 is 0.913 bits per heavy atom. The minimum absolute atomic E-state index is 0.00519. The summed E-state index contributed by atoms with van der Waals surface area (Å²) in [6, 6.07) is 10.4. The Morgan fingerprint density at radius 1 is 0.543 bits per heavy atom. The lowest BCUT2D eigenvalue weighted by molar-refractivity contribution is -0.162. The summed E-state index contributed by atoms with van der Waals surface area (Å²) in [7, 11) is 1.81. The summed E-state index contributed by atoms with van der Waals surface area (Å²) in [4.78, 5) is 25.3. The Morgan fingerprint density at radius 3 is 1.25 bits per heavy atom. The van der Waals surface area contributed by atoms with Gasteiger partial charge < -0.3 is 55.3 Å². The molecule has 3 aliphatic heterocycles. The third kappa shape index (κ3) is 12.7. The molecule has 9 aliphatic rings. The van der Waals surface area contributed by atoms with Crippen molar-refractivity contribution in [3.05, 3.63) is 77.6 Å². The van der Waals surface area contributed by atoms with E-state index in [1.54, 1.807) is 17.3 Å². The minimum atomic E-state index is -4.58. The predicted octanol–water partition coefficient (Wildman–Crippen LogP) is 10.7. The number of hydrogen-bond acceptors (Lipinski definition) is 17. The number of fused-ring (bicyclic) bond motifs is 3. The first-order valence-corrected chi connectivity index (χ1v) is 31.7. The van der Waals surface area contributed by atoms with Crippen LogP contribution in [0.2, 0.25) is 0 Å². The van der Waals surface area contributed by atoms with Crippen molar-refractivity contribution in [3.63, 3.8) is 0 Å². The van der Waals surface area contributed by atoms with Crippen LogP contribution in [0, 0.1) is 35.5 Å². The molecule has 6 N–H and O–H groups in total. The largest absolute Gasteiger partial charge is 0.431 e. The number of morpholine rings is 1. The Bertz CT molecular complexity index is 3500. The third-order valence-corrected chi connectivity index (χ3v) is 19.9. The highest BCUT2D eigenvalue weighted by Crippen LogP contribution is 2.68. The fourth-order valence-corrected chi connectivity index (χ4v) is 15.4. The van der Waals surface area contributed by atoms with E-state index in [-0.39, 0.29) is 71.6 Å². The fourth-order valence-electron chi connectivity index (χ4n) is 15.4. The molecule has 496 valence electrons. The van der Waals surface area contributed by atoms with E-state index in [4.69, 9.17) is 51.1 Å². The summed E-state index contributed by atoms with van der Waals surface area (Å²) in [6.45, 7) is 10.1. The smallest absolute Gasteiger partial charge is 0.419 e. The van der Waals surface area contributed by atoms with Crippen molar-refractivity contribution in [3.8, 4) is 45.3 Å². The van der Waals surface area contributed by atoms with Crippen LogP contribution in [0.25, 0.3) is 33.8 Å². The zero-order chi connectivity index (χ0) is 65.0. The maximum atomic E-state index is 13.3. The van der Waals surface area contributed by atoms with E-state index in [2.05, 4.69) is 69.4 Å². The molecule has 1 spiro atoms. The van der Waals surface area contributed by atoms with Crippen molar-refractivity contribution in [1.29, 1.82) is 0 Å². The molecule has 12 atom stereocenters. The van der Waals surface area contributed by atoms with E-state index in [1.807, 2.05) is 41.0 Å². The Labute approximate surface area is 527 Å². The van der Waals surface area contributed by atoms with Gasteiger partial charge in [-0.05, 0) is 152 Å². The number of nitrogens with two attached hydrogens (primary N) is 3. The molecule has 1 amide bonds. The van der Waals surface area contributed by atoms with Gasteiger partial charge in [-0.1, -0.05) is 0 Å². The maximum Gasteiger partial charge on any atom is 0.419 e. The minimum Gasteiger partial charge on any atom is -0.431 e. The van der Waals surface area contributed by atoms with Gasteiger partial charge in [0.15, 0.2) is 23.1 Å². The van der Waals surface area contributed by atoms with Crippen LogP contribution in [0.15, 0.2) is 55.0 Å². The van der Waals surface area contributed by atoms with Gasteiger partial charge in [0.2, 0.25) is 5.91 Å². The maximum absolute atomic E-state index is 13.3. The topological polar surface area (TPSA) is 255 Å². The van der Waals surface area contributed by atoms with Gasteiger partial charge in [0.25, 0.3) is 0 Å². The lowest BCUT2D eigenvalue weighted by Crippen LogP contribution is -2.52. The quantitative estimate of drug-likeness (QED) is 0.0718. The summed E-state index contributed by atoms with van der Waals surface area (Å²) in [5.74, 6) is 3.58. The molecule has 0 radical (unpaired) electrons. The van der Waals surface area contributed by atoms with E-state index in [1.165, 1.54) is 29.7 Å². The average Bonchev–Trinajstić information content (AvgIpc) is 1.53. The number of rotatable bonds is 17. The number of nitrogens with zero attached hydrogens (tertiary/aromatic N) is 10. The van der Waals surface area contributed by atoms with Crippen molar-refractivity contribution >= 4 is 23.4 Å². The molecule has 0 aromatic carbocycles. The number of ether oxygens (including phenoxy) is 7. The number of nitrogen functional groups attached to an aromatic ring is 3. The monoisotopic (exact) mass is 1290 g/mol. The number of hydrogen-bond donors (Lipinski definition) is 3. The molecule has 28 heteroatoms. The van der Waals surface area contributed by atoms with Crippen molar-refractivity contribution < 1.29 is 68.7 Å². The van der Waals surface area contributed by atoms with Gasteiger partial charge in [-0.2, -0.15) is 46.0 Å².